The highest BCUT2D eigenvalue weighted by Gasteiger charge is 2.70. The number of para-hydroxylation sites is 1. The van der Waals surface area contributed by atoms with E-state index >= 15 is 0 Å². The van der Waals surface area contributed by atoms with Crippen LogP contribution in [0.3, 0.4) is 0 Å². The zero-order valence-corrected chi connectivity index (χ0v) is 21.0. The van der Waals surface area contributed by atoms with E-state index < -0.39 is 35.2 Å². The van der Waals surface area contributed by atoms with Gasteiger partial charge in [0.1, 0.15) is 5.54 Å². The van der Waals surface area contributed by atoms with Crippen molar-refractivity contribution >= 4 is 29.3 Å². The highest BCUT2D eigenvalue weighted by molar-refractivity contribution is 6.15. The molecule has 1 spiro atoms. The van der Waals surface area contributed by atoms with Crippen molar-refractivity contribution in [3.05, 3.63) is 53.1 Å². The fourth-order valence-corrected chi connectivity index (χ4v) is 6.08. The maximum Gasteiger partial charge on any atom is 0.250 e. The number of ether oxygens (including phenoxy) is 2. The first kappa shape index (κ1) is 24.8. The van der Waals surface area contributed by atoms with Crippen LogP contribution in [0.15, 0.2) is 36.4 Å². The van der Waals surface area contributed by atoms with E-state index in [0.717, 1.165) is 11.1 Å². The standard InChI is InChI=1S/C27H30N4O6/c1-14-5-4-6-16-23(14)29-26(35)27(16)22-21(17(30-27)8-10-20(28)32)24(33)31(25(22)34)12-11-15-7-9-18(36-2)19(13-15)37-3/h4-7,9,13,17,21-22,30H,8,10-12H2,1-3H3,(H2,28,32)(H,29,35)/t17?,21-,22+,27?/m1/s1. The van der Waals surface area contributed by atoms with Crippen molar-refractivity contribution in [2.45, 2.75) is 37.8 Å². The molecule has 4 atom stereocenters. The maximum absolute atomic E-state index is 13.9. The molecule has 2 fully saturated rings. The van der Waals surface area contributed by atoms with Gasteiger partial charge in [-0.3, -0.25) is 29.4 Å². The molecule has 0 aliphatic carbocycles. The van der Waals surface area contributed by atoms with Crippen molar-refractivity contribution < 1.29 is 28.7 Å². The normalized spacial score (nSPS) is 25.9. The van der Waals surface area contributed by atoms with Crippen LogP contribution >= 0.6 is 0 Å². The number of primary amides is 1. The summed E-state index contributed by atoms with van der Waals surface area (Å²) in [5.41, 5.74) is 7.04. The number of aryl methyl sites for hydroxylation is 1. The van der Waals surface area contributed by atoms with Gasteiger partial charge in [0.25, 0.3) is 0 Å². The zero-order valence-electron chi connectivity index (χ0n) is 21.0. The molecule has 2 saturated heterocycles. The summed E-state index contributed by atoms with van der Waals surface area (Å²) in [6.45, 7) is 2.03. The van der Waals surface area contributed by atoms with Gasteiger partial charge in [-0.2, -0.15) is 0 Å². The largest absolute Gasteiger partial charge is 0.493 e. The average Bonchev–Trinajstić information content (AvgIpc) is 3.46. The number of benzene rings is 2. The van der Waals surface area contributed by atoms with Gasteiger partial charge in [-0.05, 0) is 43.0 Å². The number of rotatable bonds is 8. The SMILES string of the molecule is COc1ccc(CCN2C(=O)[C@@H]3C(CCC(N)=O)NC4(C(=O)Nc5c(C)cccc54)[C@@H]3C2=O)cc1OC. The highest BCUT2D eigenvalue weighted by atomic mass is 16.5. The van der Waals surface area contributed by atoms with Crippen LogP contribution in [0.2, 0.25) is 0 Å². The number of amides is 4. The summed E-state index contributed by atoms with van der Waals surface area (Å²) in [5.74, 6) is -2.18. The minimum absolute atomic E-state index is 0.0341. The van der Waals surface area contributed by atoms with Crippen LogP contribution in [0.25, 0.3) is 0 Å². The predicted octanol–water partition coefficient (Wildman–Crippen LogP) is 1.24. The molecule has 2 aromatic carbocycles. The number of carbonyl (C=O) groups is 4. The molecule has 0 saturated carbocycles. The van der Waals surface area contributed by atoms with E-state index in [9.17, 15) is 19.2 Å². The molecule has 2 aromatic rings. The van der Waals surface area contributed by atoms with Gasteiger partial charge in [-0.1, -0.05) is 24.3 Å². The van der Waals surface area contributed by atoms with Crippen LogP contribution in [0, 0.1) is 18.8 Å². The number of imide groups is 1. The summed E-state index contributed by atoms with van der Waals surface area (Å²) in [6.07, 6.45) is 0.688. The van der Waals surface area contributed by atoms with Crippen LogP contribution in [0.1, 0.15) is 29.5 Å². The van der Waals surface area contributed by atoms with E-state index in [1.165, 1.54) is 4.90 Å². The third-order valence-electron chi connectivity index (χ3n) is 7.82. The predicted molar refractivity (Wildman–Crippen MR) is 134 cm³/mol. The van der Waals surface area contributed by atoms with Gasteiger partial charge in [0.2, 0.25) is 23.6 Å². The number of likely N-dealkylation sites (tertiary alicyclic amines) is 1. The number of anilines is 1. The Kier molecular flexibility index (Phi) is 6.15. The van der Waals surface area contributed by atoms with Gasteiger partial charge >= 0.3 is 0 Å². The second kappa shape index (κ2) is 9.19. The van der Waals surface area contributed by atoms with E-state index in [0.29, 0.717) is 29.2 Å². The summed E-state index contributed by atoms with van der Waals surface area (Å²) < 4.78 is 10.7. The Bertz CT molecular complexity index is 1310. The quantitative estimate of drug-likeness (QED) is 0.458. The summed E-state index contributed by atoms with van der Waals surface area (Å²) in [7, 11) is 3.09. The van der Waals surface area contributed by atoms with Gasteiger partial charge < -0.3 is 20.5 Å². The van der Waals surface area contributed by atoms with E-state index in [1.54, 1.807) is 20.3 Å². The number of hydrogen-bond donors (Lipinski definition) is 3. The molecule has 3 heterocycles. The first-order valence-corrected chi connectivity index (χ1v) is 12.3. The maximum atomic E-state index is 13.9. The molecule has 0 aromatic heterocycles. The second-order valence-electron chi connectivity index (χ2n) is 9.79. The Hall–Kier alpha value is -3.92. The Morgan fingerprint density at radius 1 is 1.08 bits per heavy atom. The number of hydrogen-bond acceptors (Lipinski definition) is 7. The molecule has 2 unspecified atom stereocenters. The Balaban J connectivity index is 1.48. The fourth-order valence-electron chi connectivity index (χ4n) is 6.08. The Morgan fingerprint density at radius 2 is 1.84 bits per heavy atom. The molecule has 4 N–H and O–H groups in total. The third kappa shape index (κ3) is 3.74. The van der Waals surface area contributed by atoms with E-state index in [4.69, 9.17) is 15.2 Å². The van der Waals surface area contributed by atoms with Gasteiger partial charge in [0.15, 0.2) is 11.5 Å². The van der Waals surface area contributed by atoms with Gasteiger partial charge in [-0.15, -0.1) is 0 Å². The van der Waals surface area contributed by atoms with Crippen molar-refractivity contribution in [3.63, 3.8) is 0 Å². The number of methoxy groups -OCH3 is 2. The fraction of sp³-hybridized carbons (Fsp3) is 0.407. The van der Waals surface area contributed by atoms with Crippen molar-refractivity contribution in [1.82, 2.24) is 10.2 Å². The van der Waals surface area contributed by atoms with Crippen LogP contribution in [0.4, 0.5) is 5.69 Å². The third-order valence-corrected chi connectivity index (χ3v) is 7.82. The lowest BCUT2D eigenvalue weighted by molar-refractivity contribution is -0.142. The molecular formula is C27H30N4O6. The van der Waals surface area contributed by atoms with Crippen LogP contribution in [-0.4, -0.2) is 55.3 Å². The molecule has 3 aliphatic heterocycles. The molecule has 194 valence electrons. The Morgan fingerprint density at radius 3 is 2.54 bits per heavy atom. The van der Waals surface area contributed by atoms with Crippen molar-refractivity contribution in [2.24, 2.45) is 17.6 Å². The molecule has 4 amide bonds. The minimum Gasteiger partial charge on any atom is -0.493 e. The zero-order chi connectivity index (χ0) is 26.5. The molecule has 37 heavy (non-hydrogen) atoms. The van der Waals surface area contributed by atoms with E-state index in [1.807, 2.05) is 37.3 Å². The molecular weight excluding hydrogens is 476 g/mol. The lowest BCUT2D eigenvalue weighted by atomic mass is 9.76. The van der Waals surface area contributed by atoms with Crippen molar-refractivity contribution in [2.75, 3.05) is 26.1 Å². The second-order valence-corrected chi connectivity index (χ2v) is 9.79. The summed E-state index contributed by atoms with van der Waals surface area (Å²) in [5, 5.41) is 6.25. The smallest absolute Gasteiger partial charge is 0.250 e. The van der Waals surface area contributed by atoms with Gasteiger partial charge in [-0.25, -0.2) is 0 Å². The van der Waals surface area contributed by atoms with Gasteiger partial charge in [0.05, 0.1) is 26.1 Å². The molecule has 10 heteroatoms. The molecule has 0 bridgehead atoms. The molecule has 0 radical (unpaired) electrons. The van der Waals surface area contributed by atoms with Crippen LogP contribution < -0.4 is 25.8 Å². The first-order chi connectivity index (χ1) is 17.7. The number of nitrogens with zero attached hydrogens (tertiary/aromatic N) is 1. The van der Waals surface area contributed by atoms with Crippen LogP contribution in [-0.2, 0) is 31.1 Å². The van der Waals surface area contributed by atoms with E-state index in [-0.39, 0.29) is 31.2 Å². The number of nitrogens with one attached hydrogen (secondary N) is 2. The minimum atomic E-state index is -1.39. The lowest BCUT2D eigenvalue weighted by Crippen LogP contribution is -2.53. The summed E-state index contributed by atoms with van der Waals surface area (Å²) in [4.78, 5) is 53.9. The topological polar surface area (TPSA) is 140 Å². The number of nitrogens with two attached hydrogens (primary N) is 1. The van der Waals surface area contributed by atoms with Crippen LogP contribution in [0.5, 0.6) is 11.5 Å². The lowest BCUT2D eigenvalue weighted by Gasteiger charge is -2.29. The molecule has 5 rings (SSSR count). The average molecular weight is 507 g/mol. The monoisotopic (exact) mass is 506 g/mol. The molecule has 10 nitrogen and oxygen atoms in total. The number of carbonyl (C=O) groups excluding carboxylic acids is 4. The Labute approximate surface area is 214 Å². The van der Waals surface area contributed by atoms with Crippen molar-refractivity contribution in [1.29, 1.82) is 0 Å². The number of fused-ring (bicyclic) bond motifs is 4. The van der Waals surface area contributed by atoms with Crippen molar-refractivity contribution in [3.8, 4) is 11.5 Å². The highest BCUT2D eigenvalue weighted by Crippen LogP contribution is 2.54. The first-order valence-electron chi connectivity index (χ1n) is 12.3. The van der Waals surface area contributed by atoms with Gasteiger partial charge in [0, 0.05) is 30.3 Å². The summed E-state index contributed by atoms with van der Waals surface area (Å²) >= 11 is 0. The summed E-state index contributed by atoms with van der Waals surface area (Å²) in [6, 6.07) is 10.4. The molecule has 3 aliphatic rings. The van der Waals surface area contributed by atoms with E-state index in [2.05, 4.69) is 10.6 Å².